The lowest BCUT2D eigenvalue weighted by Gasteiger charge is -2.09. The summed E-state index contributed by atoms with van der Waals surface area (Å²) in [6.45, 7) is 0.833. The van der Waals surface area contributed by atoms with Gasteiger partial charge in [-0.25, -0.2) is 0 Å². The molecule has 1 aliphatic heterocycles. The van der Waals surface area contributed by atoms with Gasteiger partial charge in [-0.15, -0.1) is 0 Å². The molecule has 9 heavy (non-hydrogen) atoms. The molecule has 0 amide bonds. The number of nitrogens with one attached hydrogen (secondary N) is 2. The predicted molar refractivity (Wildman–Crippen MR) is 31.8 cm³/mol. The molecule has 0 spiro atoms. The highest BCUT2D eigenvalue weighted by molar-refractivity contribution is 7.52. The molecule has 5 nitrogen and oxygen atoms in total. The van der Waals surface area contributed by atoms with E-state index in [1.807, 2.05) is 0 Å². The predicted octanol–water partition coefficient (Wildman–Crippen LogP) is -1.36. The van der Waals surface area contributed by atoms with Gasteiger partial charge in [-0.1, -0.05) is 0 Å². The lowest BCUT2D eigenvalue weighted by Crippen LogP contribution is -2.23. The second-order valence-corrected chi connectivity index (χ2v) is 3.74. The molecule has 0 bridgehead atoms. The Morgan fingerprint density at radius 1 is 1.56 bits per heavy atom. The minimum Gasteiger partial charge on any atom is -0.323 e. The van der Waals surface area contributed by atoms with E-state index in [0.29, 0.717) is 13.2 Å². The molecule has 0 aliphatic carbocycles. The van der Waals surface area contributed by atoms with Crippen LogP contribution in [0.1, 0.15) is 0 Å². The quantitative estimate of drug-likeness (QED) is 0.349. The van der Waals surface area contributed by atoms with Crippen molar-refractivity contribution in [1.82, 2.24) is 10.6 Å². The van der Waals surface area contributed by atoms with Gasteiger partial charge in [0.25, 0.3) is 0 Å². The van der Waals surface area contributed by atoms with Gasteiger partial charge in [0.1, 0.15) is 5.78 Å². The first-order valence-electron chi connectivity index (χ1n) is 2.60. The van der Waals surface area contributed by atoms with Gasteiger partial charge >= 0.3 is 7.60 Å². The van der Waals surface area contributed by atoms with Crippen molar-refractivity contribution in [2.75, 3.05) is 13.2 Å². The van der Waals surface area contributed by atoms with Crippen LogP contribution < -0.4 is 10.6 Å². The third kappa shape index (κ3) is 1.74. The van der Waals surface area contributed by atoms with Crippen molar-refractivity contribution in [3.8, 4) is 0 Å². The van der Waals surface area contributed by atoms with E-state index >= 15 is 0 Å². The van der Waals surface area contributed by atoms with Gasteiger partial charge in [0.05, 0.1) is 0 Å². The average Bonchev–Trinajstić information content (AvgIpc) is 2.08. The van der Waals surface area contributed by atoms with Crippen LogP contribution in [0.2, 0.25) is 0 Å². The lowest BCUT2D eigenvalue weighted by molar-refractivity contribution is 0.356. The van der Waals surface area contributed by atoms with Gasteiger partial charge < -0.3 is 15.1 Å². The van der Waals surface area contributed by atoms with Gasteiger partial charge in [-0.2, -0.15) is 0 Å². The summed E-state index contributed by atoms with van der Waals surface area (Å²) in [5.41, 5.74) is 0. The maximum absolute atomic E-state index is 10.4. The Morgan fingerprint density at radius 3 is 2.44 bits per heavy atom. The summed E-state index contributed by atoms with van der Waals surface area (Å²) in [5, 5.41) is 5.40. The van der Waals surface area contributed by atoms with Crippen molar-refractivity contribution < 1.29 is 14.4 Å². The van der Waals surface area contributed by atoms with Crippen LogP contribution >= 0.6 is 7.60 Å². The largest absolute Gasteiger partial charge is 0.343 e. The third-order valence-electron chi connectivity index (χ3n) is 1.21. The van der Waals surface area contributed by atoms with Crippen molar-refractivity contribution >= 4 is 7.60 Å². The fraction of sp³-hybridized carbons (Fsp3) is 1.00. The Balaban J connectivity index is 2.52. The third-order valence-corrected chi connectivity index (χ3v) is 2.38. The summed E-state index contributed by atoms with van der Waals surface area (Å²) in [6.07, 6.45) is 0. The van der Waals surface area contributed by atoms with Gasteiger partial charge in [0, 0.05) is 13.2 Å². The van der Waals surface area contributed by atoms with E-state index in [2.05, 4.69) is 10.6 Å². The van der Waals surface area contributed by atoms with E-state index < -0.39 is 13.4 Å². The summed E-state index contributed by atoms with van der Waals surface area (Å²) >= 11 is 0. The van der Waals surface area contributed by atoms with Gasteiger partial charge in [-0.3, -0.25) is 9.88 Å². The average molecular weight is 152 g/mol. The van der Waals surface area contributed by atoms with E-state index in [0.717, 1.165) is 0 Å². The minimum atomic E-state index is -3.89. The number of hydrogen-bond donors (Lipinski definition) is 4. The van der Waals surface area contributed by atoms with Crippen molar-refractivity contribution in [1.29, 1.82) is 0 Å². The molecule has 54 valence electrons. The highest BCUT2D eigenvalue weighted by Crippen LogP contribution is 2.39. The Kier molecular flexibility index (Phi) is 1.88. The first kappa shape index (κ1) is 7.18. The van der Waals surface area contributed by atoms with Crippen LogP contribution in [0.5, 0.6) is 0 Å². The summed E-state index contributed by atoms with van der Waals surface area (Å²) < 4.78 is 10.4. The topological polar surface area (TPSA) is 81.6 Å². The molecule has 0 radical (unpaired) electrons. The molecule has 1 saturated heterocycles. The van der Waals surface area contributed by atoms with Crippen LogP contribution in [0.25, 0.3) is 0 Å². The fourth-order valence-electron chi connectivity index (χ4n) is 0.709. The van der Waals surface area contributed by atoms with Crippen LogP contribution in [0.3, 0.4) is 0 Å². The van der Waals surface area contributed by atoms with Crippen molar-refractivity contribution in [3.63, 3.8) is 0 Å². The van der Waals surface area contributed by atoms with E-state index in [1.165, 1.54) is 0 Å². The smallest absolute Gasteiger partial charge is 0.323 e. The molecule has 0 aromatic heterocycles. The van der Waals surface area contributed by atoms with Gasteiger partial charge in [0.15, 0.2) is 0 Å². The Morgan fingerprint density at radius 2 is 2.22 bits per heavy atom. The second kappa shape index (κ2) is 2.36. The fourth-order valence-corrected chi connectivity index (χ4v) is 1.40. The standard InChI is InChI=1S/C3H9N2O3P/c6-9(7,8)3-1-4-2-5-3/h3-5H,1-2H2,(H2,6,7,8). The van der Waals surface area contributed by atoms with Crippen LogP contribution in [-0.4, -0.2) is 28.8 Å². The van der Waals surface area contributed by atoms with Crippen LogP contribution in [0, 0.1) is 0 Å². The molecule has 1 rings (SSSR count). The zero-order valence-corrected chi connectivity index (χ0v) is 5.64. The monoisotopic (exact) mass is 152 g/mol. The molecule has 0 saturated carbocycles. The maximum Gasteiger partial charge on any atom is 0.343 e. The molecule has 4 N–H and O–H groups in total. The van der Waals surface area contributed by atoms with Crippen molar-refractivity contribution in [3.05, 3.63) is 0 Å². The lowest BCUT2D eigenvalue weighted by atomic mass is 10.7. The molecular formula is C3H9N2O3P. The van der Waals surface area contributed by atoms with E-state index in [1.54, 1.807) is 0 Å². The Bertz CT molecular complexity index is 138. The molecule has 1 heterocycles. The van der Waals surface area contributed by atoms with Gasteiger partial charge in [-0.05, 0) is 0 Å². The van der Waals surface area contributed by atoms with E-state index in [4.69, 9.17) is 9.79 Å². The van der Waals surface area contributed by atoms with Crippen LogP contribution in [0.4, 0.5) is 0 Å². The van der Waals surface area contributed by atoms with Crippen molar-refractivity contribution in [2.24, 2.45) is 0 Å². The first-order chi connectivity index (χ1) is 4.11. The Labute approximate surface area is 52.6 Å². The first-order valence-corrected chi connectivity index (χ1v) is 4.28. The molecule has 0 aromatic carbocycles. The normalized spacial score (nSPS) is 28.9. The molecule has 1 aliphatic rings. The molecular weight excluding hydrogens is 143 g/mol. The second-order valence-electron chi connectivity index (χ2n) is 1.94. The van der Waals surface area contributed by atoms with Crippen molar-refractivity contribution in [2.45, 2.75) is 5.78 Å². The van der Waals surface area contributed by atoms with E-state index in [-0.39, 0.29) is 0 Å². The summed E-state index contributed by atoms with van der Waals surface area (Å²) in [4.78, 5) is 17.1. The summed E-state index contributed by atoms with van der Waals surface area (Å²) in [7, 11) is -3.89. The zero-order valence-electron chi connectivity index (χ0n) is 4.74. The summed E-state index contributed by atoms with van der Waals surface area (Å²) in [6, 6.07) is 0. The highest BCUT2D eigenvalue weighted by Gasteiger charge is 2.30. The molecule has 1 atom stereocenters. The maximum atomic E-state index is 10.4. The van der Waals surface area contributed by atoms with Crippen LogP contribution in [-0.2, 0) is 4.57 Å². The minimum absolute atomic E-state index is 0.351. The van der Waals surface area contributed by atoms with E-state index in [9.17, 15) is 4.57 Å². The zero-order chi connectivity index (χ0) is 6.91. The van der Waals surface area contributed by atoms with Gasteiger partial charge in [0.2, 0.25) is 0 Å². The SMILES string of the molecule is O=P(O)(O)C1CNCN1. The summed E-state index contributed by atoms with van der Waals surface area (Å²) in [5.74, 6) is -0.683. The number of hydrogen-bond acceptors (Lipinski definition) is 3. The molecule has 1 unspecified atom stereocenters. The molecule has 1 fully saturated rings. The number of rotatable bonds is 1. The highest BCUT2D eigenvalue weighted by atomic mass is 31.2. The molecule has 6 heteroatoms. The Hall–Kier alpha value is 0.0700. The van der Waals surface area contributed by atoms with Crippen LogP contribution in [0.15, 0.2) is 0 Å². The molecule has 0 aromatic rings.